The molecule has 1 aromatic rings. The number of rotatable bonds is 11. The summed E-state index contributed by atoms with van der Waals surface area (Å²) in [6.07, 6.45) is 3.63. The van der Waals surface area contributed by atoms with Crippen LogP contribution in [0.3, 0.4) is 0 Å². The molecule has 6 N–H and O–H groups in total. The average molecular weight is 483 g/mol. The van der Waals surface area contributed by atoms with E-state index in [9.17, 15) is 23.1 Å². The van der Waals surface area contributed by atoms with Crippen molar-refractivity contribution in [3.05, 3.63) is 30.3 Å². The van der Waals surface area contributed by atoms with Crippen LogP contribution < -0.4 is 26.2 Å². The fraction of sp³-hybridized carbons (Fsp3) is 0.550. The highest BCUT2D eigenvalue weighted by molar-refractivity contribution is 7.89. The number of carbonyl (C=O) groups excluding carboxylic acids is 1. The lowest BCUT2D eigenvalue weighted by atomic mass is 10.1. The van der Waals surface area contributed by atoms with Crippen molar-refractivity contribution in [3.8, 4) is 0 Å². The van der Waals surface area contributed by atoms with Gasteiger partial charge < -0.3 is 10.4 Å². The fourth-order valence-corrected chi connectivity index (χ4v) is 4.79. The molecule has 12 nitrogen and oxygen atoms in total. The van der Waals surface area contributed by atoms with Crippen LogP contribution in [0.2, 0.25) is 0 Å². The molecule has 1 fully saturated rings. The minimum Gasteiger partial charge on any atom is -0.478 e. The molecule has 0 bridgehead atoms. The van der Waals surface area contributed by atoms with Gasteiger partial charge in [-0.3, -0.25) is 25.3 Å². The van der Waals surface area contributed by atoms with Gasteiger partial charge in [0.15, 0.2) is 12.4 Å². The van der Waals surface area contributed by atoms with Crippen LogP contribution in [0, 0.1) is 0 Å². The van der Waals surface area contributed by atoms with E-state index < -0.39 is 33.7 Å². The number of carbonyl (C=O) groups is 2. The SMILES string of the molecule is CC(NC(=O)C1CC(CCCNC2N=CCCN2)NO1)(NS(=O)(=O)c1ccccc1)C(=O)O. The number of nitrogens with zero attached hydrogens (tertiary/aromatic N) is 1. The van der Waals surface area contributed by atoms with Crippen molar-refractivity contribution < 1.29 is 28.0 Å². The Bertz CT molecular complexity index is 959. The van der Waals surface area contributed by atoms with E-state index in [-0.39, 0.29) is 17.2 Å². The van der Waals surface area contributed by atoms with E-state index in [0.29, 0.717) is 6.42 Å². The molecular formula is C20H30N6O6S. The van der Waals surface area contributed by atoms with Crippen LogP contribution in [0.5, 0.6) is 0 Å². The third kappa shape index (κ3) is 7.03. The number of hydrogen-bond donors (Lipinski definition) is 6. The number of aliphatic imine (C=N–C) groups is 1. The molecule has 2 aliphatic rings. The van der Waals surface area contributed by atoms with Gasteiger partial charge in [-0.05, 0) is 44.9 Å². The van der Waals surface area contributed by atoms with Crippen LogP contribution in [-0.4, -0.2) is 68.8 Å². The van der Waals surface area contributed by atoms with Crippen LogP contribution in [0.25, 0.3) is 0 Å². The van der Waals surface area contributed by atoms with Crippen LogP contribution in [-0.2, 0) is 24.4 Å². The van der Waals surface area contributed by atoms with Crippen molar-refractivity contribution in [2.24, 2.45) is 4.99 Å². The lowest BCUT2D eigenvalue weighted by molar-refractivity contribution is -0.150. The minimum absolute atomic E-state index is 0.0848. The van der Waals surface area contributed by atoms with Gasteiger partial charge >= 0.3 is 5.97 Å². The molecule has 1 amide bonds. The lowest BCUT2D eigenvalue weighted by Crippen LogP contribution is -2.64. The molecule has 3 rings (SSSR count). The van der Waals surface area contributed by atoms with E-state index in [4.69, 9.17) is 4.84 Å². The van der Waals surface area contributed by atoms with Crippen molar-refractivity contribution in [2.75, 3.05) is 13.1 Å². The molecule has 13 heteroatoms. The van der Waals surface area contributed by atoms with Crippen molar-refractivity contribution in [2.45, 2.75) is 61.6 Å². The van der Waals surface area contributed by atoms with Gasteiger partial charge in [0.2, 0.25) is 15.7 Å². The number of amides is 1. The summed E-state index contributed by atoms with van der Waals surface area (Å²) in [5.41, 5.74) is 0.536. The summed E-state index contributed by atoms with van der Waals surface area (Å²) < 4.78 is 27.2. The maximum atomic E-state index is 12.7. The van der Waals surface area contributed by atoms with Crippen LogP contribution >= 0.6 is 0 Å². The second kappa shape index (κ2) is 11.1. The molecule has 1 aromatic carbocycles. The first-order valence-corrected chi connectivity index (χ1v) is 12.2. The maximum Gasteiger partial charge on any atom is 0.345 e. The Labute approximate surface area is 192 Å². The first-order valence-electron chi connectivity index (χ1n) is 10.7. The van der Waals surface area contributed by atoms with Crippen molar-refractivity contribution >= 4 is 28.1 Å². The van der Waals surface area contributed by atoms with E-state index >= 15 is 0 Å². The van der Waals surface area contributed by atoms with Gasteiger partial charge in [-0.2, -0.15) is 10.2 Å². The lowest BCUT2D eigenvalue weighted by Gasteiger charge is -2.28. The average Bonchev–Trinajstić information content (AvgIpc) is 3.27. The number of nitrogens with one attached hydrogen (secondary N) is 5. The predicted molar refractivity (Wildman–Crippen MR) is 119 cm³/mol. The molecular weight excluding hydrogens is 452 g/mol. The summed E-state index contributed by atoms with van der Waals surface area (Å²) in [5, 5.41) is 18.4. The van der Waals surface area contributed by atoms with Crippen LogP contribution in [0.15, 0.2) is 40.2 Å². The number of carboxylic acids is 1. The van der Waals surface area contributed by atoms with Crippen LogP contribution in [0.4, 0.5) is 0 Å². The third-order valence-electron chi connectivity index (χ3n) is 5.29. The van der Waals surface area contributed by atoms with E-state index in [1.807, 2.05) is 6.21 Å². The van der Waals surface area contributed by atoms with Gasteiger partial charge in [-0.25, -0.2) is 13.2 Å². The molecule has 4 atom stereocenters. The summed E-state index contributed by atoms with van der Waals surface area (Å²) in [7, 11) is -4.19. The highest BCUT2D eigenvalue weighted by Crippen LogP contribution is 2.17. The van der Waals surface area contributed by atoms with Gasteiger partial charge in [0.25, 0.3) is 5.91 Å². The third-order valence-corrected chi connectivity index (χ3v) is 6.86. The highest BCUT2D eigenvalue weighted by atomic mass is 32.2. The number of hydroxylamine groups is 1. The second-order valence-corrected chi connectivity index (χ2v) is 9.75. The number of sulfonamides is 1. The first-order chi connectivity index (χ1) is 15.7. The zero-order valence-electron chi connectivity index (χ0n) is 18.3. The van der Waals surface area contributed by atoms with E-state index in [1.165, 1.54) is 24.3 Å². The first kappa shape index (κ1) is 25.2. The summed E-state index contributed by atoms with van der Waals surface area (Å²) in [4.78, 5) is 34.0. The molecule has 1 saturated heterocycles. The Morgan fingerprint density at radius 1 is 1.30 bits per heavy atom. The summed E-state index contributed by atoms with van der Waals surface area (Å²) in [6, 6.07) is 7.21. The van der Waals surface area contributed by atoms with Gasteiger partial charge in [0, 0.05) is 25.2 Å². The van der Waals surface area contributed by atoms with Gasteiger partial charge in [0.1, 0.15) is 0 Å². The Balaban J connectivity index is 1.49. The Morgan fingerprint density at radius 3 is 2.73 bits per heavy atom. The number of hydrogen-bond acceptors (Lipinski definition) is 9. The maximum absolute atomic E-state index is 12.7. The summed E-state index contributed by atoms with van der Waals surface area (Å²) in [6.45, 7) is 2.68. The second-order valence-electron chi connectivity index (χ2n) is 8.07. The molecule has 2 heterocycles. The zero-order chi connectivity index (χ0) is 23.9. The monoisotopic (exact) mass is 482 g/mol. The van der Waals surface area contributed by atoms with Gasteiger partial charge in [-0.15, -0.1) is 0 Å². The molecule has 0 radical (unpaired) electrons. The predicted octanol–water partition coefficient (Wildman–Crippen LogP) is -0.738. The molecule has 33 heavy (non-hydrogen) atoms. The molecule has 182 valence electrons. The molecule has 0 saturated carbocycles. The standard InChI is InChI=1S/C20H30N6O6S/c1-20(18(28)29,26-33(30,31)15-8-3-2-4-9-15)24-17(27)16-13-14(25-32-16)7-5-10-21-19-22-11-6-12-23-19/h2-4,8-9,11,14,16,19,21,23,25-26H,5-7,10,12-13H2,1H3,(H,24,27)(H,28,29). The number of carboxylic acid groups (broad SMARTS) is 1. The Morgan fingerprint density at radius 2 is 2.06 bits per heavy atom. The van der Waals surface area contributed by atoms with E-state index in [0.717, 1.165) is 39.3 Å². The largest absolute Gasteiger partial charge is 0.478 e. The quantitative estimate of drug-likeness (QED) is 0.176. The highest BCUT2D eigenvalue weighted by Gasteiger charge is 2.42. The zero-order valence-corrected chi connectivity index (χ0v) is 19.1. The number of benzene rings is 1. The van der Waals surface area contributed by atoms with Gasteiger partial charge in [0.05, 0.1) is 4.90 Å². The van der Waals surface area contributed by atoms with E-state index in [2.05, 4.69) is 31.1 Å². The molecule has 2 aliphatic heterocycles. The normalized spacial score (nSPS) is 24.8. The number of aliphatic carboxylic acids is 1. The molecule has 0 aliphatic carbocycles. The smallest absolute Gasteiger partial charge is 0.345 e. The minimum atomic E-state index is -4.19. The topological polar surface area (TPSA) is 170 Å². The molecule has 0 spiro atoms. The van der Waals surface area contributed by atoms with Crippen LogP contribution in [0.1, 0.15) is 32.6 Å². The Hall–Kier alpha value is -2.42. The molecule has 4 unspecified atom stereocenters. The summed E-state index contributed by atoms with van der Waals surface area (Å²) >= 11 is 0. The summed E-state index contributed by atoms with van der Waals surface area (Å²) in [5.74, 6) is -2.28. The van der Waals surface area contributed by atoms with Crippen molar-refractivity contribution in [1.29, 1.82) is 0 Å². The van der Waals surface area contributed by atoms with Gasteiger partial charge in [-0.1, -0.05) is 18.2 Å². The molecule has 0 aromatic heterocycles. The van der Waals surface area contributed by atoms with Crippen molar-refractivity contribution in [1.82, 2.24) is 26.2 Å². The van der Waals surface area contributed by atoms with E-state index in [1.54, 1.807) is 6.07 Å². The van der Waals surface area contributed by atoms with Crippen molar-refractivity contribution in [3.63, 3.8) is 0 Å². The Kier molecular flexibility index (Phi) is 8.51. The fourth-order valence-electron chi connectivity index (χ4n) is 3.48.